The van der Waals surface area contributed by atoms with Crippen molar-refractivity contribution < 1.29 is 13.5 Å². The van der Waals surface area contributed by atoms with Crippen LogP contribution in [0.25, 0.3) is 0 Å². The molecule has 1 aliphatic carbocycles. The molecule has 0 radical (unpaired) electrons. The monoisotopic (exact) mass is 308 g/mol. The van der Waals surface area contributed by atoms with Crippen LogP contribution in [-0.2, 0) is 10.0 Å². The highest BCUT2D eigenvalue weighted by Crippen LogP contribution is 2.31. The molecule has 1 fully saturated rings. The van der Waals surface area contributed by atoms with Gasteiger partial charge in [0.15, 0.2) is 0 Å². The predicted molar refractivity (Wildman–Crippen MR) is 79.0 cm³/mol. The highest BCUT2D eigenvalue weighted by Gasteiger charge is 2.28. The van der Waals surface area contributed by atoms with Crippen LogP contribution >= 0.6 is 0 Å². The second kappa shape index (κ2) is 6.56. The first-order valence-corrected chi connectivity index (χ1v) is 8.57. The number of aliphatic hydroxyl groups excluding tert-OH is 1. The molecule has 0 saturated heterocycles. The highest BCUT2D eigenvalue weighted by atomic mass is 32.2. The summed E-state index contributed by atoms with van der Waals surface area (Å²) in [6, 6.07) is 6.54. The van der Waals surface area contributed by atoms with Gasteiger partial charge in [-0.05, 0) is 55.4 Å². The molecule has 0 bridgehead atoms. The maximum atomic E-state index is 12.3. The third kappa shape index (κ3) is 3.62. The summed E-state index contributed by atoms with van der Waals surface area (Å²) < 4.78 is 27.3. The molecule has 2 rings (SSSR count). The van der Waals surface area contributed by atoms with Gasteiger partial charge in [0.25, 0.3) is 0 Å². The standard InChI is InChI=1S/C15H20N2O3S/c1-11-7-12(8-16)5-6-15(11)21(19,20)17-9-13-3-2-4-14(13)10-18/h5-7,13-14,17-18H,2-4,9-10H2,1H3. The van der Waals surface area contributed by atoms with Crippen LogP contribution in [0.2, 0.25) is 0 Å². The molecule has 6 heteroatoms. The molecule has 21 heavy (non-hydrogen) atoms. The molecule has 1 aromatic carbocycles. The van der Waals surface area contributed by atoms with E-state index >= 15 is 0 Å². The Bertz CT molecular complexity index is 649. The average Bonchev–Trinajstić information content (AvgIpc) is 2.92. The zero-order chi connectivity index (χ0) is 15.5. The van der Waals surface area contributed by atoms with E-state index in [0.717, 1.165) is 19.3 Å². The molecule has 1 aliphatic rings. The minimum absolute atomic E-state index is 0.113. The number of rotatable bonds is 5. The van der Waals surface area contributed by atoms with Crippen molar-refractivity contribution in [2.45, 2.75) is 31.1 Å². The van der Waals surface area contributed by atoms with Crippen molar-refractivity contribution >= 4 is 10.0 Å². The first kappa shape index (κ1) is 16.0. The summed E-state index contributed by atoms with van der Waals surface area (Å²) in [5.74, 6) is 0.387. The summed E-state index contributed by atoms with van der Waals surface area (Å²) in [6.45, 7) is 2.15. The molecule has 1 saturated carbocycles. The van der Waals surface area contributed by atoms with Crippen molar-refractivity contribution in [1.29, 1.82) is 5.26 Å². The lowest BCUT2D eigenvalue weighted by Gasteiger charge is -2.18. The molecule has 114 valence electrons. The Morgan fingerprint density at radius 1 is 1.38 bits per heavy atom. The normalized spacial score (nSPS) is 22.1. The third-order valence-electron chi connectivity index (χ3n) is 4.18. The molecular formula is C15H20N2O3S. The number of benzene rings is 1. The van der Waals surface area contributed by atoms with Crippen molar-refractivity contribution in [3.05, 3.63) is 29.3 Å². The molecule has 1 aromatic rings. The number of hydrogen-bond donors (Lipinski definition) is 2. The van der Waals surface area contributed by atoms with E-state index in [0.29, 0.717) is 17.7 Å². The van der Waals surface area contributed by atoms with Gasteiger partial charge in [0.05, 0.1) is 16.5 Å². The molecule has 2 N–H and O–H groups in total. The minimum Gasteiger partial charge on any atom is -0.396 e. The van der Waals surface area contributed by atoms with Crippen molar-refractivity contribution in [2.24, 2.45) is 11.8 Å². The topological polar surface area (TPSA) is 90.2 Å². The van der Waals surface area contributed by atoms with E-state index in [1.807, 2.05) is 6.07 Å². The molecular weight excluding hydrogens is 288 g/mol. The zero-order valence-electron chi connectivity index (χ0n) is 12.0. The van der Waals surface area contributed by atoms with Gasteiger partial charge >= 0.3 is 0 Å². The van der Waals surface area contributed by atoms with Crippen molar-refractivity contribution in [3.8, 4) is 6.07 Å². The zero-order valence-corrected chi connectivity index (χ0v) is 12.9. The van der Waals surface area contributed by atoms with Crippen molar-refractivity contribution in [1.82, 2.24) is 4.72 Å². The number of nitrogens with one attached hydrogen (secondary N) is 1. The Morgan fingerprint density at radius 2 is 2.10 bits per heavy atom. The minimum atomic E-state index is -3.58. The lowest BCUT2D eigenvalue weighted by molar-refractivity contribution is 0.195. The summed E-state index contributed by atoms with van der Waals surface area (Å²) in [7, 11) is -3.58. The summed E-state index contributed by atoms with van der Waals surface area (Å²) >= 11 is 0. The number of nitriles is 1. The Labute approximate surface area is 125 Å². The van der Waals surface area contributed by atoms with Crippen LogP contribution in [0.3, 0.4) is 0 Å². The number of sulfonamides is 1. The number of hydrogen-bond acceptors (Lipinski definition) is 4. The van der Waals surface area contributed by atoms with Crippen molar-refractivity contribution in [3.63, 3.8) is 0 Å². The van der Waals surface area contributed by atoms with E-state index in [1.165, 1.54) is 12.1 Å². The molecule has 0 amide bonds. The van der Waals surface area contributed by atoms with Gasteiger partial charge in [-0.15, -0.1) is 0 Å². The van der Waals surface area contributed by atoms with Crippen LogP contribution in [0, 0.1) is 30.1 Å². The SMILES string of the molecule is Cc1cc(C#N)ccc1S(=O)(=O)NCC1CCCC1CO. The fourth-order valence-electron chi connectivity index (χ4n) is 2.94. The lowest BCUT2D eigenvalue weighted by Crippen LogP contribution is -2.32. The predicted octanol–water partition coefficient (Wildman–Crippen LogP) is 1.55. The quantitative estimate of drug-likeness (QED) is 0.863. The first-order chi connectivity index (χ1) is 9.97. The highest BCUT2D eigenvalue weighted by molar-refractivity contribution is 7.89. The van der Waals surface area contributed by atoms with E-state index in [-0.39, 0.29) is 23.3 Å². The van der Waals surface area contributed by atoms with Gasteiger partial charge in [-0.2, -0.15) is 5.26 Å². The molecule has 0 spiro atoms. The molecule has 2 atom stereocenters. The third-order valence-corrected chi connectivity index (χ3v) is 5.76. The van der Waals surface area contributed by atoms with Gasteiger partial charge in [-0.3, -0.25) is 0 Å². The summed E-state index contributed by atoms with van der Waals surface area (Å²) in [5, 5.41) is 18.1. The summed E-state index contributed by atoms with van der Waals surface area (Å²) in [4.78, 5) is 0.208. The van der Waals surface area contributed by atoms with E-state index in [9.17, 15) is 13.5 Å². The molecule has 0 aromatic heterocycles. The molecule has 0 aliphatic heterocycles. The fraction of sp³-hybridized carbons (Fsp3) is 0.533. The molecule has 5 nitrogen and oxygen atoms in total. The smallest absolute Gasteiger partial charge is 0.240 e. The Kier molecular flexibility index (Phi) is 4.99. The van der Waals surface area contributed by atoms with E-state index in [2.05, 4.69) is 4.72 Å². The average molecular weight is 308 g/mol. The largest absolute Gasteiger partial charge is 0.396 e. The maximum Gasteiger partial charge on any atom is 0.240 e. The Morgan fingerprint density at radius 3 is 2.71 bits per heavy atom. The van der Waals surface area contributed by atoms with Gasteiger partial charge in [-0.1, -0.05) is 6.42 Å². The van der Waals surface area contributed by atoms with Gasteiger partial charge in [0.1, 0.15) is 0 Å². The van der Waals surface area contributed by atoms with Crippen LogP contribution in [0.15, 0.2) is 23.1 Å². The van der Waals surface area contributed by atoms with E-state index in [1.54, 1.807) is 13.0 Å². The maximum absolute atomic E-state index is 12.3. The molecule has 0 heterocycles. The van der Waals surface area contributed by atoms with Gasteiger partial charge in [0.2, 0.25) is 10.0 Å². The van der Waals surface area contributed by atoms with Crippen molar-refractivity contribution in [2.75, 3.05) is 13.2 Å². The second-order valence-corrected chi connectivity index (χ2v) is 7.31. The molecule has 2 unspecified atom stereocenters. The Hall–Kier alpha value is -1.42. The van der Waals surface area contributed by atoms with E-state index < -0.39 is 10.0 Å². The summed E-state index contributed by atoms with van der Waals surface area (Å²) in [5.41, 5.74) is 1.01. The lowest BCUT2D eigenvalue weighted by atomic mass is 9.97. The van der Waals surface area contributed by atoms with Gasteiger partial charge < -0.3 is 5.11 Å². The van der Waals surface area contributed by atoms with Crippen LogP contribution in [0.5, 0.6) is 0 Å². The van der Waals surface area contributed by atoms with Crippen LogP contribution in [0.4, 0.5) is 0 Å². The first-order valence-electron chi connectivity index (χ1n) is 7.09. The fourth-order valence-corrected chi connectivity index (χ4v) is 4.26. The van der Waals surface area contributed by atoms with Crippen LogP contribution in [0.1, 0.15) is 30.4 Å². The summed E-state index contributed by atoms with van der Waals surface area (Å²) in [6.07, 6.45) is 2.94. The Balaban J connectivity index is 2.10. The van der Waals surface area contributed by atoms with Crippen LogP contribution in [-0.4, -0.2) is 26.7 Å². The number of nitrogens with zero attached hydrogens (tertiary/aromatic N) is 1. The van der Waals surface area contributed by atoms with Gasteiger partial charge in [-0.25, -0.2) is 13.1 Å². The second-order valence-electron chi connectivity index (χ2n) is 5.58. The van der Waals surface area contributed by atoms with E-state index in [4.69, 9.17) is 5.26 Å². The number of aryl methyl sites for hydroxylation is 1. The van der Waals surface area contributed by atoms with Gasteiger partial charge in [0, 0.05) is 13.2 Å². The van der Waals surface area contributed by atoms with Crippen LogP contribution < -0.4 is 4.72 Å². The number of aliphatic hydroxyl groups is 1.